The monoisotopic (exact) mass is 161 g/mol. The zero-order chi connectivity index (χ0) is 6.85. The molecule has 1 heterocycles. The minimum Gasteiger partial charge on any atom is -0.396 e. The molecule has 4 heteroatoms. The molecule has 0 unspecified atom stereocenters. The van der Waals surface area contributed by atoms with Crippen LogP contribution in [0.3, 0.4) is 0 Å². The Hall–Kier alpha value is -0.470. The fourth-order valence-corrected chi connectivity index (χ4v) is 0.722. The van der Waals surface area contributed by atoms with E-state index in [1.807, 2.05) is 0 Å². The molecule has 0 aromatic carbocycles. The van der Waals surface area contributed by atoms with Gasteiger partial charge in [0.15, 0.2) is 0 Å². The molecule has 2 N–H and O–H groups in total. The molecule has 1 aromatic rings. The van der Waals surface area contributed by atoms with Crippen LogP contribution in [0.2, 0.25) is 10.0 Å². The molecule has 0 amide bonds. The third-order valence-electron chi connectivity index (χ3n) is 0.834. The summed E-state index contributed by atoms with van der Waals surface area (Å²) in [4.78, 5) is 3.58. The summed E-state index contributed by atoms with van der Waals surface area (Å²) in [6, 6.07) is 0. The van der Waals surface area contributed by atoms with Crippen molar-refractivity contribution < 1.29 is 0 Å². The summed E-state index contributed by atoms with van der Waals surface area (Å²) >= 11 is 11.0. The molecule has 0 aliphatic carbocycles. The number of aromatic nitrogens is 1. The summed E-state index contributed by atoms with van der Waals surface area (Å²) in [5.41, 5.74) is 5.67. The van der Waals surface area contributed by atoms with Gasteiger partial charge < -0.3 is 5.73 Å². The van der Waals surface area contributed by atoms with Gasteiger partial charge in [-0.2, -0.15) is 0 Å². The zero-order valence-electron chi connectivity index (χ0n) is 4.36. The third-order valence-corrected chi connectivity index (χ3v) is 1.42. The highest BCUT2D eigenvalue weighted by Gasteiger charge is 1.99. The first kappa shape index (κ1) is 6.65. The van der Waals surface area contributed by atoms with Crippen molar-refractivity contribution in [3.8, 4) is 0 Å². The number of nitrogen functional groups attached to an aromatic ring is 1. The van der Waals surface area contributed by atoms with Crippen molar-refractivity contribution in [1.82, 2.24) is 4.98 Å². The molecule has 0 saturated heterocycles. The maximum absolute atomic E-state index is 5.52. The highest BCUT2D eigenvalue weighted by atomic mass is 35.5. The number of hydrogen-bond acceptors (Lipinski definition) is 2. The van der Waals surface area contributed by atoms with Crippen LogP contribution in [0.5, 0.6) is 0 Å². The minimum absolute atomic E-state index is 0.266. The number of halogens is 2. The lowest BCUT2D eigenvalue weighted by atomic mass is 10.4. The number of rotatable bonds is 0. The van der Waals surface area contributed by atoms with Gasteiger partial charge in [-0.3, -0.25) is 4.98 Å². The van der Waals surface area contributed by atoms with Gasteiger partial charge >= 0.3 is 0 Å². The van der Waals surface area contributed by atoms with Crippen molar-refractivity contribution in [2.45, 2.75) is 0 Å². The largest absolute Gasteiger partial charge is 0.396 e. The number of pyridine rings is 1. The number of hydrogen-bond donors (Lipinski definition) is 1. The maximum Gasteiger partial charge on any atom is 0.111 e. The molecule has 0 aliphatic heterocycles. The van der Waals surface area contributed by atoms with Crippen LogP contribution in [-0.4, -0.2) is 4.98 Å². The van der Waals surface area contributed by atoms with E-state index >= 15 is 0 Å². The lowest BCUT2D eigenvalue weighted by molar-refractivity contribution is 1.31. The summed E-state index contributed by atoms with van der Waals surface area (Å²) in [5, 5.41) is 0.626. The van der Waals surface area contributed by atoms with Crippen LogP contribution in [0.4, 0.5) is 5.69 Å². The van der Waals surface area contributed by atoms with E-state index in [9.17, 15) is 0 Å². The molecular formula is C5H3Cl2N2. The van der Waals surface area contributed by atoms with E-state index in [1.165, 1.54) is 6.20 Å². The standard InChI is InChI=1S/C5H3Cl2N2/c6-3-1-9-2-4(7)5(3)8/h1H,(H2,8,9). The molecule has 1 radical (unpaired) electrons. The first-order chi connectivity index (χ1) is 4.22. The van der Waals surface area contributed by atoms with Crippen molar-refractivity contribution in [3.05, 3.63) is 22.4 Å². The molecule has 1 rings (SSSR count). The molecular weight excluding hydrogens is 159 g/mol. The van der Waals surface area contributed by atoms with E-state index in [-0.39, 0.29) is 5.02 Å². The SMILES string of the molecule is Nc1c(Cl)[c]ncc1Cl. The summed E-state index contributed by atoms with van der Waals surface area (Å²) in [5.74, 6) is 0. The Morgan fingerprint density at radius 3 is 2.67 bits per heavy atom. The van der Waals surface area contributed by atoms with Crippen LogP contribution in [0.15, 0.2) is 6.20 Å². The number of anilines is 1. The van der Waals surface area contributed by atoms with Gasteiger partial charge in [-0.25, -0.2) is 0 Å². The molecule has 0 saturated carbocycles. The van der Waals surface area contributed by atoms with Gasteiger partial charge in [0.25, 0.3) is 0 Å². The number of nitrogens with two attached hydrogens (primary N) is 1. The summed E-state index contributed by atoms with van der Waals surface area (Å²) in [7, 11) is 0. The van der Waals surface area contributed by atoms with E-state index in [1.54, 1.807) is 0 Å². The van der Waals surface area contributed by atoms with E-state index in [4.69, 9.17) is 28.9 Å². The molecule has 47 valence electrons. The maximum atomic E-state index is 5.52. The molecule has 0 fully saturated rings. The average Bonchev–Trinajstić information content (AvgIpc) is 1.83. The second-order valence-electron chi connectivity index (χ2n) is 1.45. The Morgan fingerprint density at radius 2 is 2.22 bits per heavy atom. The topological polar surface area (TPSA) is 38.9 Å². The van der Waals surface area contributed by atoms with Gasteiger partial charge in [-0.1, -0.05) is 23.2 Å². The average molecular weight is 162 g/mol. The zero-order valence-corrected chi connectivity index (χ0v) is 5.87. The third kappa shape index (κ3) is 1.26. The highest BCUT2D eigenvalue weighted by Crippen LogP contribution is 2.23. The second-order valence-corrected chi connectivity index (χ2v) is 2.23. The fourth-order valence-electron chi connectivity index (χ4n) is 0.380. The van der Waals surface area contributed by atoms with Gasteiger partial charge in [0, 0.05) is 6.20 Å². The molecule has 2 nitrogen and oxygen atoms in total. The molecule has 0 spiro atoms. The Balaban J connectivity index is 3.25. The van der Waals surface area contributed by atoms with Gasteiger partial charge in [0.2, 0.25) is 0 Å². The van der Waals surface area contributed by atoms with Crippen molar-refractivity contribution in [2.24, 2.45) is 0 Å². The van der Waals surface area contributed by atoms with Crippen LogP contribution in [-0.2, 0) is 0 Å². The second kappa shape index (κ2) is 2.42. The van der Waals surface area contributed by atoms with Gasteiger partial charge in [0.1, 0.15) is 6.20 Å². The lowest BCUT2D eigenvalue weighted by Crippen LogP contribution is -1.88. The van der Waals surface area contributed by atoms with Gasteiger partial charge in [-0.05, 0) is 0 Å². The molecule has 1 aromatic heterocycles. The Kier molecular flexibility index (Phi) is 1.78. The predicted molar refractivity (Wildman–Crippen MR) is 37.5 cm³/mol. The lowest BCUT2D eigenvalue weighted by Gasteiger charge is -1.95. The van der Waals surface area contributed by atoms with E-state index in [0.717, 1.165) is 0 Å². The van der Waals surface area contributed by atoms with Crippen molar-refractivity contribution in [2.75, 3.05) is 5.73 Å². The van der Waals surface area contributed by atoms with Crippen molar-refractivity contribution in [1.29, 1.82) is 0 Å². The Bertz CT molecular complexity index is 204. The van der Waals surface area contributed by atoms with E-state index in [2.05, 4.69) is 11.2 Å². The Morgan fingerprint density at radius 1 is 1.56 bits per heavy atom. The number of nitrogens with zero attached hydrogens (tertiary/aromatic N) is 1. The highest BCUT2D eigenvalue weighted by molar-refractivity contribution is 6.38. The predicted octanol–water partition coefficient (Wildman–Crippen LogP) is 1.77. The summed E-state index contributed by atoms with van der Waals surface area (Å²) < 4.78 is 0. The van der Waals surface area contributed by atoms with Crippen LogP contribution in [0.1, 0.15) is 0 Å². The fraction of sp³-hybridized carbons (Fsp3) is 0. The first-order valence-electron chi connectivity index (χ1n) is 2.19. The van der Waals surface area contributed by atoms with Crippen LogP contribution < -0.4 is 5.73 Å². The van der Waals surface area contributed by atoms with Crippen LogP contribution >= 0.6 is 23.2 Å². The normalized spacial score (nSPS) is 9.56. The van der Waals surface area contributed by atoms with Gasteiger partial charge in [-0.15, -0.1) is 0 Å². The molecule has 9 heavy (non-hydrogen) atoms. The molecule has 0 atom stereocenters. The van der Waals surface area contributed by atoms with Gasteiger partial charge in [0.05, 0.1) is 15.7 Å². The Labute approximate surface area is 62.6 Å². The summed E-state index contributed by atoms with van der Waals surface area (Å²) in [6.07, 6.45) is 3.84. The van der Waals surface area contributed by atoms with E-state index in [0.29, 0.717) is 10.7 Å². The van der Waals surface area contributed by atoms with E-state index < -0.39 is 0 Å². The quantitative estimate of drug-likeness (QED) is 0.631. The molecule has 0 bridgehead atoms. The first-order valence-corrected chi connectivity index (χ1v) is 2.94. The summed E-state index contributed by atoms with van der Waals surface area (Å²) in [6.45, 7) is 0. The smallest absolute Gasteiger partial charge is 0.111 e. The van der Waals surface area contributed by atoms with Crippen molar-refractivity contribution >= 4 is 28.9 Å². The van der Waals surface area contributed by atoms with Crippen molar-refractivity contribution in [3.63, 3.8) is 0 Å². The van der Waals surface area contributed by atoms with Crippen LogP contribution in [0, 0.1) is 6.20 Å². The van der Waals surface area contributed by atoms with Crippen LogP contribution in [0.25, 0.3) is 0 Å². The molecule has 0 aliphatic rings. The minimum atomic E-state index is 0.266.